The summed E-state index contributed by atoms with van der Waals surface area (Å²) in [6.07, 6.45) is 3.45. The van der Waals surface area contributed by atoms with E-state index in [9.17, 15) is 4.79 Å². The Kier molecular flexibility index (Phi) is 5.64. The van der Waals surface area contributed by atoms with Crippen molar-refractivity contribution in [3.05, 3.63) is 48.0 Å². The smallest absolute Gasteiger partial charge is 0.298 e. The van der Waals surface area contributed by atoms with Crippen LogP contribution in [0.2, 0.25) is 0 Å². The molecule has 7 nitrogen and oxygen atoms in total. The number of aromatic nitrogens is 1. The van der Waals surface area contributed by atoms with E-state index in [4.69, 9.17) is 13.9 Å². The molecule has 5 rings (SSSR count). The van der Waals surface area contributed by atoms with Gasteiger partial charge in [-0.25, -0.2) is 0 Å². The summed E-state index contributed by atoms with van der Waals surface area (Å²) in [5.74, 6) is 2.38. The zero-order valence-corrected chi connectivity index (χ0v) is 18.5. The van der Waals surface area contributed by atoms with Crippen molar-refractivity contribution in [2.45, 2.75) is 45.3 Å². The normalized spacial score (nSPS) is 17.1. The van der Waals surface area contributed by atoms with Gasteiger partial charge >= 0.3 is 0 Å². The first-order valence-corrected chi connectivity index (χ1v) is 11.4. The second-order valence-corrected chi connectivity index (χ2v) is 8.76. The van der Waals surface area contributed by atoms with Gasteiger partial charge in [0.2, 0.25) is 5.91 Å². The van der Waals surface area contributed by atoms with Crippen molar-refractivity contribution in [1.82, 2.24) is 10.3 Å². The Labute approximate surface area is 187 Å². The van der Waals surface area contributed by atoms with Gasteiger partial charge < -0.3 is 24.1 Å². The van der Waals surface area contributed by atoms with Crippen LogP contribution in [0.25, 0.3) is 11.1 Å². The predicted molar refractivity (Wildman–Crippen MR) is 122 cm³/mol. The number of nitrogens with zero attached hydrogens (tertiary/aromatic N) is 2. The Bertz CT molecular complexity index is 1100. The number of carbonyl (C=O) groups is 1. The summed E-state index contributed by atoms with van der Waals surface area (Å²) in [6, 6.07) is 14.4. The minimum absolute atomic E-state index is 0.0312. The highest BCUT2D eigenvalue weighted by Gasteiger charge is 2.32. The number of nitrogens with one attached hydrogen (secondary N) is 1. The van der Waals surface area contributed by atoms with Crippen LogP contribution < -0.4 is 19.7 Å². The van der Waals surface area contributed by atoms with Gasteiger partial charge in [-0.2, -0.15) is 4.98 Å². The number of ether oxygens (including phenoxy) is 2. The average molecular weight is 436 g/mol. The highest BCUT2D eigenvalue weighted by Crippen LogP contribution is 2.32. The Hall–Kier alpha value is -3.22. The Morgan fingerprint density at radius 3 is 2.78 bits per heavy atom. The van der Waals surface area contributed by atoms with Gasteiger partial charge in [0.1, 0.15) is 23.1 Å². The van der Waals surface area contributed by atoms with Crippen molar-refractivity contribution < 1.29 is 18.7 Å². The molecule has 1 unspecified atom stereocenters. The molecule has 1 amide bonds. The summed E-state index contributed by atoms with van der Waals surface area (Å²) in [5.41, 5.74) is 2.56. The summed E-state index contributed by atoms with van der Waals surface area (Å²) in [7, 11) is 0. The number of benzene rings is 2. The Morgan fingerprint density at radius 2 is 2.03 bits per heavy atom. The van der Waals surface area contributed by atoms with E-state index in [2.05, 4.69) is 15.2 Å². The third kappa shape index (κ3) is 4.66. The summed E-state index contributed by atoms with van der Waals surface area (Å²) in [6.45, 7) is 5.82. The molecule has 3 aromatic rings. The summed E-state index contributed by atoms with van der Waals surface area (Å²) in [4.78, 5) is 18.2. The highest BCUT2D eigenvalue weighted by molar-refractivity contribution is 5.77. The maximum atomic E-state index is 11.5. The molecule has 0 radical (unpaired) electrons. The summed E-state index contributed by atoms with van der Waals surface area (Å²) < 4.78 is 18.0. The zero-order chi connectivity index (χ0) is 22.1. The largest absolute Gasteiger partial charge is 0.493 e. The molecule has 1 aliphatic heterocycles. The van der Waals surface area contributed by atoms with E-state index in [1.54, 1.807) is 0 Å². The molecule has 2 heterocycles. The average Bonchev–Trinajstić information content (AvgIpc) is 3.49. The molecule has 2 aromatic carbocycles. The van der Waals surface area contributed by atoms with Crippen LogP contribution >= 0.6 is 0 Å². The lowest BCUT2D eigenvalue weighted by molar-refractivity contribution is -0.119. The number of amides is 1. The van der Waals surface area contributed by atoms with E-state index in [1.807, 2.05) is 49.4 Å². The monoisotopic (exact) mass is 435 g/mol. The second-order valence-electron chi connectivity index (χ2n) is 8.76. The van der Waals surface area contributed by atoms with Crippen molar-refractivity contribution in [2.24, 2.45) is 5.92 Å². The molecular weight excluding hydrogens is 406 g/mol. The van der Waals surface area contributed by atoms with Gasteiger partial charge in [-0.1, -0.05) is 19.1 Å². The zero-order valence-electron chi connectivity index (χ0n) is 18.5. The van der Waals surface area contributed by atoms with Crippen molar-refractivity contribution in [3.63, 3.8) is 0 Å². The maximum Gasteiger partial charge on any atom is 0.298 e. The third-order valence-electron chi connectivity index (χ3n) is 6.00. The van der Waals surface area contributed by atoms with Gasteiger partial charge in [0.25, 0.3) is 6.01 Å². The fourth-order valence-electron chi connectivity index (χ4n) is 3.94. The van der Waals surface area contributed by atoms with Crippen LogP contribution in [0, 0.1) is 5.92 Å². The van der Waals surface area contributed by atoms with E-state index in [1.165, 1.54) is 19.8 Å². The van der Waals surface area contributed by atoms with Crippen LogP contribution in [-0.2, 0) is 4.79 Å². The predicted octanol–water partition coefficient (Wildman–Crippen LogP) is 4.47. The molecule has 1 N–H and O–H groups in total. The van der Waals surface area contributed by atoms with Crippen LogP contribution in [0.3, 0.4) is 0 Å². The quantitative estimate of drug-likeness (QED) is 0.534. The van der Waals surface area contributed by atoms with Crippen LogP contribution in [0.5, 0.6) is 11.5 Å². The molecule has 2 aliphatic rings. The summed E-state index contributed by atoms with van der Waals surface area (Å²) in [5, 5.41) is 2.97. The number of carbonyl (C=O) groups excluding carboxylic acids is 1. The second kappa shape index (κ2) is 8.73. The Balaban J connectivity index is 1.19. The van der Waals surface area contributed by atoms with Crippen LogP contribution in [0.15, 0.2) is 46.9 Å². The lowest BCUT2D eigenvalue weighted by Crippen LogP contribution is -2.54. The van der Waals surface area contributed by atoms with Gasteiger partial charge in [0.05, 0.1) is 25.7 Å². The van der Waals surface area contributed by atoms with Crippen molar-refractivity contribution in [2.75, 3.05) is 24.6 Å². The van der Waals surface area contributed by atoms with Gasteiger partial charge in [-0.3, -0.25) is 4.79 Å². The molecule has 7 heteroatoms. The fourth-order valence-corrected chi connectivity index (χ4v) is 3.94. The molecule has 1 saturated heterocycles. The molecule has 2 fully saturated rings. The first kappa shape index (κ1) is 20.7. The molecule has 1 saturated carbocycles. The third-order valence-corrected chi connectivity index (χ3v) is 6.00. The molecule has 32 heavy (non-hydrogen) atoms. The van der Waals surface area contributed by atoms with Crippen molar-refractivity contribution in [1.29, 1.82) is 0 Å². The van der Waals surface area contributed by atoms with E-state index >= 15 is 0 Å². The Morgan fingerprint density at radius 1 is 1.22 bits per heavy atom. The molecular formula is C25H29N3O4. The lowest BCUT2D eigenvalue weighted by atomic mass is 10.0. The SMILES string of the molecule is CCC(NC(C)=O)c1ccc2nc(N3CC(Oc4cccc(OCC5CC5)c4)C3)oc2c1. The number of rotatable bonds is 9. The standard InChI is InChI=1S/C25H29N3O4/c1-3-22(26-16(2)29)18-9-10-23-24(11-18)32-25(27-23)28-13-21(14-28)31-20-6-4-5-19(12-20)30-15-17-7-8-17/h4-6,9-12,17,21-22H,3,7-8,13-15H2,1-2H3,(H,26,29). The van der Waals surface area contributed by atoms with Crippen LogP contribution in [-0.4, -0.2) is 36.7 Å². The maximum absolute atomic E-state index is 11.5. The van der Waals surface area contributed by atoms with E-state index in [-0.39, 0.29) is 18.1 Å². The first-order chi connectivity index (χ1) is 15.6. The van der Waals surface area contributed by atoms with E-state index in [0.29, 0.717) is 6.01 Å². The van der Waals surface area contributed by atoms with Crippen LogP contribution in [0.4, 0.5) is 6.01 Å². The molecule has 168 valence electrons. The number of anilines is 1. The number of hydrogen-bond donors (Lipinski definition) is 1. The van der Waals surface area contributed by atoms with Gasteiger partial charge in [0.15, 0.2) is 5.58 Å². The van der Waals surface area contributed by atoms with E-state index < -0.39 is 0 Å². The number of fused-ring (bicyclic) bond motifs is 1. The molecule has 0 bridgehead atoms. The highest BCUT2D eigenvalue weighted by atomic mass is 16.5. The van der Waals surface area contributed by atoms with Gasteiger partial charge in [-0.05, 0) is 55.0 Å². The summed E-state index contributed by atoms with van der Waals surface area (Å²) >= 11 is 0. The lowest BCUT2D eigenvalue weighted by Gasteiger charge is -2.37. The molecule has 1 aliphatic carbocycles. The minimum atomic E-state index is -0.0400. The van der Waals surface area contributed by atoms with Crippen molar-refractivity contribution >= 4 is 23.0 Å². The van der Waals surface area contributed by atoms with Gasteiger partial charge in [0, 0.05) is 13.0 Å². The van der Waals surface area contributed by atoms with Crippen LogP contribution in [0.1, 0.15) is 44.7 Å². The van der Waals surface area contributed by atoms with Gasteiger partial charge in [-0.15, -0.1) is 0 Å². The van der Waals surface area contributed by atoms with E-state index in [0.717, 1.165) is 60.2 Å². The number of hydrogen-bond acceptors (Lipinski definition) is 6. The number of oxazole rings is 1. The fraction of sp³-hybridized carbons (Fsp3) is 0.440. The molecule has 0 spiro atoms. The first-order valence-electron chi connectivity index (χ1n) is 11.4. The topological polar surface area (TPSA) is 76.8 Å². The molecule has 1 atom stereocenters. The molecule has 1 aromatic heterocycles. The van der Waals surface area contributed by atoms with Crippen molar-refractivity contribution in [3.8, 4) is 11.5 Å². The minimum Gasteiger partial charge on any atom is -0.493 e.